The minimum atomic E-state index is -0.0963. The van der Waals surface area contributed by atoms with Gasteiger partial charge in [-0.25, -0.2) is 9.78 Å². The molecule has 0 bridgehead atoms. The first kappa shape index (κ1) is 20.0. The van der Waals surface area contributed by atoms with Crippen molar-refractivity contribution in [2.75, 3.05) is 13.1 Å². The third-order valence-corrected chi connectivity index (χ3v) is 7.06. The van der Waals surface area contributed by atoms with Gasteiger partial charge < -0.3 is 4.98 Å². The number of imidazole rings is 1. The molecule has 160 valence electrons. The van der Waals surface area contributed by atoms with Gasteiger partial charge in [0.05, 0.1) is 21.6 Å². The monoisotopic (exact) mass is 435 g/mol. The van der Waals surface area contributed by atoms with E-state index in [4.69, 9.17) is 4.98 Å². The number of thiophene rings is 1. The van der Waals surface area contributed by atoms with Crippen molar-refractivity contribution in [3.8, 4) is 10.7 Å². The number of aromatic amines is 1. The lowest BCUT2D eigenvalue weighted by Crippen LogP contribution is -2.34. The molecule has 1 aromatic carbocycles. The average molecular weight is 436 g/mol. The van der Waals surface area contributed by atoms with Crippen molar-refractivity contribution in [2.24, 2.45) is 14.1 Å². The summed E-state index contributed by atoms with van der Waals surface area (Å²) in [7, 11) is 3.62. The van der Waals surface area contributed by atoms with Gasteiger partial charge in [-0.15, -0.1) is 11.3 Å². The van der Waals surface area contributed by atoms with Crippen LogP contribution in [0, 0.1) is 0 Å². The number of piperidine rings is 1. The second-order valence-electron chi connectivity index (χ2n) is 8.29. The van der Waals surface area contributed by atoms with E-state index in [-0.39, 0.29) is 17.2 Å². The van der Waals surface area contributed by atoms with Crippen LogP contribution in [-0.2, 0) is 20.6 Å². The highest BCUT2D eigenvalue weighted by molar-refractivity contribution is 7.13. The highest BCUT2D eigenvalue weighted by Gasteiger charge is 2.24. The van der Waals surface area contributed by atoms with E-state index in [2.05, 4.69) is 22.0 Å². The fraction of sp³-hybridized carbons (Fsp3) is 0.348. The van der Waals surface area contributed by atoms with Gasteiger partial charge in [0.1, 0.15) is 5.82 Å². The fourth-order valence-electron chi connectivity index (χ4n) is 4.57. The summed E-state index contributed by atoms with van der Waals surface area (Å²) in [6.07, 6.45) is 2.10. The number of aromatic nitrogens is 4. The second kappa shape index (κ2) is 7.94. The van der Waals surface area contributed by atoms with Crippen molar-refractivity contribution in [3.05, 3.63) is 73.9 Å². The molecule has 31 heavy (non-hydrogen) atoms. The van der Waals surface area contributed by atoms with Crippen molar-refractivity contribution >= 4 is 22.4 Å². The molecule has 1 aliphatic rings. The normalized spacial score (nSPS) is 17.4. The Labute approximate surface area is 183 Å². The summed E-state index contributed by atoms with van der Waals surface area (Å²) in [5.74, 6) is 0.893. The van der Waals surface area contributed by atoms with E-state index in [1.54, 1.807) is 33.6 Å². The van der Waals surface area contributed by atoms with Gasteiger partial charge >= 0.3 is 5.69 Å². The van der Waals surface area contributed by atoms with E-state index < -0.39 is 0 Å². The van der Waals surface area contributed by atoms with Crippen LogP contribution in [0.2, 0.25) is 0 Å². The molecule has 0 saturated carbocycles. The highest BCUT2D eigenvalue weighted by Crippen LogP contribution is 2.28. The molecule has 4 heterocycles. The quantitative estimate of drug-likeness (QED) is 0.535. The lowest BCUT2D eigenvalue weighted by atomic mass is 9.94. The Kier molecular flexibility index (Phi) is 5.11. The van der Waals surface area contributed by atoms with Crippen molar-refractivity contribution in [1.82, 2.24) is 24.0 Å². The first-order valence-corrected chi connectivity index (χ1v) is 11.4. The molecule has 7 nitrogen and oxygen atoms in total. The lowest BCUT2D eigenvalue weighted by molar-refractivity contribution is 0.198. The smallest absolute Gasteiger partial charge is 0.306 e. The number of rotatable bonds is 4. The molecule has 4 aromatic rings. The predicted molar refractivity (Wildman–Crippen MR) is 124 cm³/mol. The van der Waals surface area contributed by atoms with Crippen LogP contribution in [0.25, 0.3) is 21.7 Å². The Bertz CT molecular complexity index is 1350. The third-order valence-electron chi connectivity index (χ3n) is 6.18. The molecule has 0 unspecified atom stereocenters. The number of H-pyrrole nitrogens is 1. The maximum absolute atomic E-state index is 12.3. The minimum absolute atomic E-state index is 0.00731. The Morgan fingerprint density at radius 2 is 1.97 bits per heavy atom. The molecular formula is C23H25N5O2S. The van der Waals surface area contributed by atoms with Crippen LogP contribution >= 0.6 is 11.3 Å². The molecule has 1 fully saturated rings. The summed E-state index contributed by atoms with van der Waals surface area (Å²) in [5.41, 5.74) is 3.86. The molecule has 0 amide bonds. The molecule has 0 radical (unpaired) electrons. The summed E-state index contributed by atoms with van der Waals surface area (Å²) in [6, 6.07) is 11.8. The lowest BCUT2D eigenvalue weighted by Gasteiger charge is -2.32. The number of nitrogens with zero attached hydrogens (tertiary/aromatic N) is 4. The summed E-state index contributed by atoms with van der Waals surface area (Å²) in [5, 5.41) is 1.99. The second-order valence-corrected chi connectivity index (χ2v) is 9.24. The van der Waals surface area contributed by atoms with Gasteiger partial charge in [0.2, 0.25) is 0 Å². The molecule has 3 aromatic heterocycles. The molecule has 1 N–H and O–H groups in total. The standard InChI is InChI=1S/C23H25N5O2S/c1-26-18-8-7-15(11-19(18)27(2)23(26)30)13-28-9-3-5-16(14-28)17-12-21(29)25-22(24-17)20-6-4-10-31-20/h4,6-8,10-12,16H,3,5,9,13-14H2,1-2H3,(H,24,25,29)/t16-/m1/s1. The van der Waals surface area contributed by atoms with Gasteiger partial charge in [-0.2, -0.15) is 0 Å². The van der Waals surface area contributed by atoms with Gasteiger partial charge in [-0.05, 0) is 48.5 Å². The largest absolute Gasteiger partial charge is 0.328 e. The molecule has 8 heteroatoms. The SMILES string of the molecule is Cn1c(=O)n(C)c2cc(CN3CCC[C@@H](c4cc(=O)[nH]c(-c5cccs5)n4)C3)ccc21. The van der Waals surface area contributed by atoms with Crippen molar-refractivity contribution in [3.63, 3.8) is 0 Å². The van der Waals surface area contributed by atoms with Crippen LogP contribution in [0.4, 0.5) is 0 Å². The Morgan fingerprint density at radius 3 is 2.77 bits per heavy atom. The maximum atomic E-state index is 12.3. The van der Waals surface area contributed by atoms with Gasteiger partial charge in [0.25, 0.3) is 5.56 Å². The zero-order chi connectivity index (χ0) is 21.5. The molecule has 0 aliphatic carbocycles. The molecule has 1 saturated heterocycles. The number of fused-ring (bicyclic) bond motifs is 1. The summed E-state index contributed by atoms with van der Waals surface area (Å²) >= 11 is 1.58. The molecular weight excluding hydrogens is 410 g/mol. The van der Waals surface area contributed by atoms with Gasteiger partial charge in [-0.1, -0.05) is 12.1 Å². The number of benzene rings is 1. The maximum Gasteiger partial charge on any atom is 0.328 e. The average Bonchev–Trinajstić information content (AvgIpc) is 3.38. The fourth-order valence-corrected chi connectivity index (χ4v) is 5.23. The first-order chi connectivity index (χ1) is 15.0. The van der Waals surface area contributed by atoms with Crippen LogP contribution in [0.3, 0.4) is 0 Å². The summed E-state index contributed by atoms with van der Waals surface area (Å²) in [4.78, 5) is 35.5. The minimum Gasteiger partial charge on any atom is -0.306 e. The van der Waals surface area contributed by atoms with Crippen molar-refractivity contribution < 1.29 is 0 Å². The number of likely N-dealkylation sites (tertiary alicyclic amines) is 1. The van der Waals surface area contributed by atoms with Gasteiger partial charge in [0, 0.05) is 39.2 Å². The van der Waals surface area contributed by atoms with Crippen LogP contribution in [0.15, 0.2) is 51.4 Å². The van der Waals surface area contributed by atoms with Crippen LogP contribution in [0.5, 0.6) is 0 Å². The van der Waals surface area contributed by atoms with E-state index >= 15 is 0 Å². The van der Waals surface area contributed by atoms with E-state index in [0.29, 0.717) is 5.82 Å². The first-order valence-electron chi connectivity index (χ1n) is 10.5. The zero-order valence-corrected chi connectivity index (χ0v) is 18.5. The summed E-state index contributed by atoms with van der Waals surface area (Å²) < 4.78 is 3.38. The molecule has 1 aliphatic heterocycles. The summed E-state index contributed by atoms with van der Waals surface area (Å²) in [6.45, 7) is 2.70. The molecule has 5 rings (SSSR count). The van der Waals surface area contributed by atoms with Crippen molar-refractivity contribution in [2.45, 2.75) is 25.3 Å². The number of hydrogen-bond acceptors (Lipinski definition) is 5. The zero-order valence-electron chi connectivity index (χ0n) is 17.7. The van der Waals surface area contributed by atoms with Crippen LogP contribution in [-0.4, -0.2) is 37.1 Å². The third kappa shape index (κ3) is 3.77. The van der Waals surface area contributed by atoms with Crippen LogP contribution < -0.4 is 11.2 Å². The van der Waals surface area contributed by atoms with Crippen LogP contribution in [0.1, 0.15) is 30.0 Å². The number of aryl methyl sites for hydroxylation is 2. The predicted octanol–water partition coefficient (Wildman–Crippen LogP) is 3.07. The van der Waals surface area contributed by atoms with Gasteiger partial charge in [-0.3, -0.25) is 18.8 Å². The van der Waals surface area contributed by atoms with E-state index in [0.717, 1.165) is 54.1 Å². The Hall–Kier alpha value is -2.97. The molecule has 1 atom stereocenters. The Balaban J connectivity index is 1.38. The topological polar surface area (TPSA) is 75.9 Å². The highest BCUT2D eigenvalue weighted by atomic mass is 32.1. The number of hydrogen-bond donors (Lipinski definition) is 1. The Morgan fingerprint density at radius 1 is 1.13 bits per heavy atom. The van der Waals surface area contributed by atoms with E-state index in [9.17, 15) is 9.59 Å². The van der Waals surface area contributed by atoms with E-state index in [1.807, 2.05) is 30.6 Å². The van der Waals surface area contributed by atoms with E-state index in [1.165, 1.54) is 5.56 Å². The van der Waals surface area contributed by atoms with Crippen molar-refractivity contribution in [1.29, 1.82) is 0 Å². The number of nitrogens with one attached hydrogen (secondary N) is 1. The molecule has 0 spiro atoms. The van der Waals surface area contributed by atoms with Gasteiger partial charge in [0.15, 0.2) is 0 Å².